The van der Waals surface area contributed by atoms with E-state index in [2.05, 4.69) is 34.7 Å². The normalized spacial score (nSPS) is 17.6. The van der Waals surface area contributed by atoms with Gasteiger partial charge in [-0.15, -0.1) is 5.10 Å². The number of hydrogen-bond donors (Lipinski definition) is 1. The smallest absolute Gasteiger partial charge is 0.336 e. The zero-order chi connectivity index (χ0) is 24.2. The SMILES string of the molecule is CC(C)c1ccc([C@@H](NC(=O)C2=[N+](C(=O)C(C)n3cnnn3)C[C@H](F)C2)c2ccccc2)cc1. The molecule has 0 radical (unpaired) electrons. The molecule has 0 saturated carbocycles. The van der Waals surface area contributed by atoms with Gasteiger partial charge in [-0.3, -0.25) is 4.79 Å². The van der Waals surface area contributed by atoms with Gasteiger partial charge in [-0.1, -0.05) is 68.4 Å². The Bertz CT molecular complexity index is 1180. The van der Waals surface area contributed by atoms with Crippen molar-refractivity contribution in [2.75, 3.05) is 6.54 Å². The Kier molecular flexibility index (Phi) is 6.90. The van der Waals surface area contributed by atoms with E-state index < -0.39 is 30.1 Å². The van der Waals surface area contributed by atoms with Gasteiger partial charge in [-0.2, -0.15) is 4.58 Å². The maximum Gasteiger partial charge on any atom is 0.411 e. The molecule has 1 aliphatic rings. The van der Waals surface area contributed by atoms with E-state index in [1.54, 1.807) is 6.92 Å². The fourth-order valence-electron chi connectivity index (χ4n) is 4.11. The largest absolute Gasteiger partial charge is 0.411 e. The van der Waals surface area contributed by atoms with E-state index in [4.69, 9.17) is 0 Å². The fraction of sp³-hybridized carbons (Fsp3) is 0.360. The lowest BCUT2D eigenvalue weighted by molar-refractivity contribution is -0.448. The van der Waals surface area contributed by atoms with Crippen LogP contribution in [-0.4, -0.2) is 55.0 Å². The Hall–Kier alpha value is -3.75. The molecular formula is C25H28FN6O2+. The van der Waals surface area contributed by atoms with Crippen LogP contribution in [0, 0.1) is 0 Å². The number of benzene rings is 2. The molecule has 1 aliphatic heterocycles. The highest BCUT2D eigenvalue weighted by Crippen LogP contribution is 2.25. The van der Waals surface area contributed by atoms with Crippen LogP contribution in [0.2, 0.25) is 0 Å². The molecule has 1 unspecified atom stereocenters. The van der Waals surface area contributed by atoms with Gasteiger partial charge in [-0.05, 0) is 40.0 Å². The van der Waals surface area contributed by atoms with Crippen LogP contribution in [-0.2, 0) is 9.59 Å². The zero-order valence-corrected chi connectivity index (χ0v) is 19.4. The van der Waals surface area contributed by atoms with E-state index in [9.17, 15) is 14.0 Å². The van der Waals surface area contributed by atoms with E-state index in [0.29, 0.717) is 5.92 Å². The highest BCUT2D eigenvalue weighted by Gasteiger charge is 2.43. The Balaban J connectivity index is 1.64. The average Bonchev–Trinajstić information content (AvgIpc) is 3.52. The molecule has 1 N–H and O–H groups in total. The van der Waals surface area contributed by atoms with Crippen LogP contribution in [0.3, 0.4) is 0 Å². The topological polar surface area (TPSA) is 92.8 Å². The van der Waals surface area contributed by atoms with Crippen molar-refractivity contribution in [2.45, 2.75) is 51.4 Å². The van der Waals surface area contributed by atoms with Crippen LogP contribution in [0.1, 0.15) is 61.9 Å². The number of halogens is 1. The summed E-state index contributed by atoms with van der Waals surface area (Å²) in [7, 11) is 0. The van der Waals surface area contributed by atoms with E-state index in [1.807, 2.05) is 54.6 Å². The van der Waals surface area contributed by atoms with Gasteiger partial charge in [0.05, 0.1) is 12.5 Å². The second-order valence-electron chi connectivity index (χ2n) is 8.80. The molecule has 0 aliphatic carbocycles. The minimum Gasteiger partial charge on any atom is -0.336 e. The summed E-state index contributed by atoms with van der Waals surface area (Å²) in [5, 5.41) is 13.9. The molecule has 2 heterocycles. The quantitative estimate of drug-likeness (QED) is 0.544. The third kappa shape index (κ3) is 4.93. The minimum atomic E-state index is -1.31. The third-order valence-electron chi connectivity index (χ3n) is 6.11. The summed E-state index contributed by atoms with van der Waals surface area (Å²) in [6, 6.07) is 16.4. The standard InChI is InChI=1S/C25H27FN6O2/c1-16(2)18-9-11-20(12-10-18)23(19-7-5-4-6-8-19)28-24(33)22-13-21(26)14-31(22)25(34)17(3)32-15-27-29-30-32/h4-12,15-17,21,23H,13-14H2,1-3H3/p+1/t17?,21-,23+/m1/s1. The van der Waals surface area contributed by atoms with Crippen molar-refractivity contribution in [3.8, 4) is 0 Å². The summed E-state index contributed by atoms with van der Waals surface area (Å²) in [5.74, 6) is -0.523. The number of alkyl halides is 1. The first-order valence-corrected chi connectivity index (χ1v) is 11.3. The second kappa shape index (κ2) is 10.0. The van der Waals surface area contributed by atoms with E-state index in [-0.39, 0.29) is 18.7 Å². The highest BCUT2D eigenvalue weighted by atomic mass is 19.1. The molecule has 0 fully saturated rings. The first-order valence-electron chi connectivity index (χ1n) is 11.3. The van der Waals surface area contributed by atoms with Crippen LogP contribution in [0.15, 0.2) is 60.9 Å². The third-order valence-corrected chi connectivity index (χ3v) is 6.11. The lowest BCUT2D eigenvalue weighted by Crippen LogP contribution is -2.40. The molecule has 3 aromatic rings. The number of aromatic nitrogens is 4. The molecule has 0 spiro atoms. The number of carbonyl (C=O) groups is 2. The molecule has 1 aromatic heterocycles. The Morgan fingerprint density at radius 1 is 1.03 bits per heavy atom. The second-order valence-corrected chi connectivity index (χ2v) is 8.80. The number of nitrogens with one attached hydrogen (secondary N) is 1. The number of carbonyl (C=O) groups excluding carboxylic acids is 2. The van der Waals surface area contributed by atoms with Crippen LogP contribution < -0.4 is 5.32 Å². The van der Waals surface area contributed by atoms with Gasteiger partial charge in [0.2, 0.25) is 0 Å². The van der Waals surface area contributed by atoms with Crippen molar-refractivity contribution < 1.29 is 18.6 Å². The van der Waals surface area contributed by atoms with Crippen LogP contribution >= 0.6 is 0 Å². The molecular weight excluding hydrogens is 435 g/mol. The van der Waals surface area contributed by atoms with Crippen molar-refractivity contribution in [1.29, 1.82) is 0 Å². The Morgan fingerprint density at radius 2 is 1.68 bits per heavy atom. The summed E-state index contributed by atoms with van der Waals surface area (Å²) >= 11 is 0. The van der Waals surface area contributed by atoms with Crippen molar-refractivity contribution in [3.63, 3.8) is 0 Å². The lowest BCUT2D eigenvalue weighted by Gasteiger charge is -2.20. The van der Waals surface area contributed by atoms with Gasteiger partial charge in [0.15, 0.2) is 18.8 Å². The fourth-order valence-corrected chi connectivity index (χ4v) is 4.11. The summed E-state index contributed by atoms with van der Waals surface area (Å²) in [6.45, 7) is 5.69. The average molecular weight is 464 g/mol. The summed E-state index contributed by atoms with van der Waals surface area (Å²) in [4.78, 5) is 26.5. The van der Waals surface area contributed by atoms with Crippen LogP contribution in [0.5, 0.6) is 0 Å². The van der Waals surface area contributed by atoms with Crippen LogP contribution in [0.25, 0.3) is 0 Å². The van der Waals surface area contributed by atoms with Gasteiger partial charge < -0.3 is 5.32 Å². The number of rotatable bonds is 7. The highest BCUT2D eigenvalue weighted by molar-refractivity contribution is 6.38. The van der Waals surface area contributed by atoms with E-state index in [0.717, 1.165) is 11.1 Å². The van der Waals surface area contributed by atoms with Crippen molar-refractivity contribution in [1.82, 2.24) is 25.5 Å². The molecule has 176 valence electrons. The first kappa shape index (κ1) is 23.4. The number of amides is 2. The van der Waals surface area contributed by atoms with E-state index in [1.165, 1.54) is 21.1 Å². The van der Waals surface area contributed by atoms with Crippen molar-refractivity contribution in [2.24, 2.45) is 0 Å². The maximum absolute atomic E-state index is 14.4. The predicted octanol–water partition coefficient (Wildman–Crippen LogP) is 2.99. The molecule has 8 nitrogen and oxygen atoms in total. The van der Waals surface area contributed by atoms with E-state index >= 15 is 0 Å². The lowest BCUT2D eigenvalue weighted by atomic mass is 9.95. The molecule has 9 heteroatoms. The number of nitrogens with zero attached hydrogens (tertiary/aromatic N) is 5. The van der Waals surface area contributed by atoms with Gasteiger partial charge in [0, 0.05) is 0 Å². The summed E-state index contributed by atoms with van der Waals surface area (Å²) in [5.41, 5.74) is 3.10. The monoisotopic (exact) mass is 463 g/mol. The molecule has 4 rings (SSSR count). The van der Waals surface area contributed by atoms with Crippen molar-refractivity contribution >= 4 is 17.5 Å². The maximum atomic E-state index is 14.4. The molecule has 3 atom stereocenters. The Morgan fingerprint density at radius 3 is 2.29 bits per heavy atom. The van der Waals surface area contributed by atoms with Gasteiger partial charge in [-0.25, -0.2) is 13.9 Å². The Labute approximate surface area is 197 Å². The predicted molar refractivity (Wildman–Crippen MR) is 124 cm³/mol. The minimum absolute atomic E-state index is 0.108. The molecule has 2 aromatic carbocycles. The first-order chi connectivity index (χ1) is 16.3. The molecule has 0 saturated heterocycles. The van der Waals surface area contributed by atoms with Crippen molar-refractivity contribution in [3.05, 3.63) is 77.6 Å². The molecule has 0 bridgehead atoms. The molecule has 2 amide bonds. The van der Waals surface area contributed by atoms with Gasteiger partial charge in [0.1, 0.15) is 6.33 Å². The number of tetrazole rings is 1. The molecule has 34 heavy (non-hydrogen) atoms. The summed E-state index contributed by atoms with van der Waals surface area (Å²) < 4.78 is 16.9. The zero-order valence-electron chi connectivity index (χ0n) is 19.4. The number of hydrogen-bond acceptors (Lipinski definition) is 5. The van der Waals surface area contributed by atoms with Gasteiger partial charge in [0.25, 0.3) is 5.71 Å². The van der Waals surface area contributed by atoms with Gasteiger partial charge >= 0.3 is 11.8 Å². The van der Waals surface area contributed by atoms with Crippen LogP contribution in [0.4, 0.5) is 4.39 Å². The summed E-state index contributed by atoms with van der Waals surface area (Å²) in [6.07, 6.45) is -0.128.